The highest BCUT2D eigenvalue weighted by atomic mass is 16.7. The SMILES string of the molecule is C(CCCC[C@@H]1C[C@H]1C1CC1)CCCOC1CCCCO1. The average molecular weight is 294 g/mol. The van der Waals surface area contributed by atoms with Gasteiger partial charge in [0.25, 0.3) is 0 Å². The van der Waals surface area contributed by atoms with E-state index in [1.807, 2.05) is 0 Å². The summed E-state index contributed by atoms with van der Waals surface area (Å²) < 4.78 is 11.3. The van der Waals surface area contributed by atoms with Crippen molar-refractivity contribution in [3.63, 3.8) is 0 Å². The van der Waals surface area contributed by atoms with Crippen LogP contribution in [0.2, 0.25) is 0 Å². The van der Waals surface area contributed by atoms with Crippen molar-refractivity contribution in [2.24, 2.45) is 17.8 Å². The second-order valence-electron chi connectivity index (χ2n) is 7.57. The molecule has 122 valence electrons. The highest BCUT2D eigenvalue weighted by Crippen LogP contribution is 2.56. The summed E-state index contributed by atoms with van der Waals surface area (Å²) in [6.07, 6.45) is 18.2. The molecule has 3 rings (SSSR count). The van der Waals surface area contributed by atoms with Crippen LogP contribution < -0.4 is 0 Å². The molecule has 1 saturated heterocycles. The molecule has 0 aromatic carbocycles. The van der Waals surface area contributed by atoms with Crippen molar-refractivity contribution in [2.75, 3.05) is 13.2 Å². The number of hydrogen-bond acceptors (Lipinski definition) is 2. The van der Waals surface area contributed by atoms with Gasteiger partial charge in [0, 0.05) is 13.2 Å². The van der Waals surface area contributed by atoms with Crippen molar-refractivity contribution in [2.45, 2.75) is 89.8 Å². The highest BCUT2D eigenvalue weighted by molar-refractivity contribution is 4.96. The van der Waals surface area contributed by atoms with E-state index >= 15 is 0 Å². The third-order valence-electron chi connectivity index (χ3n) is 5.62. The van der Waals surface area contributed by atoms with Crippen LogP contribution in [0, 0.1) is 17.8 Å². The zero-order valence-electron chi connectivity index (χ0n) is 13.7. The van der Waals surface area contributed by atoms with Crippen LogP contribution in [0.4, 0.5) is 0 Å². The van der Waals surface area contributed by atoms with E-state index in [0.717, 1.165) is 25.6 Å². The molecule has 0 aromatic heterocycles. The molecule has 0 radical (unpaired) electrons. The molecule has 3 aliphatic rings. The zero-order valence-corrected chi connectivity index (χ0v) is 13.7. The van der Waals surface area contributed by atoms with Crippen molar-refractivity contribution >= 4 is 0 Å². The van der Waals surface area contributed by atoms with Gasteiger partial charge in [0.15, 0.2) is 6.29 Å². The first-order chi connectivity index (χ1) is 10.4. The van der Waals surface area contributed by atoms with E-state index in [2.05, 4.69) is 0 Å². The van der Waals surface area contributed by atoms with E-state index in [4.69, 9.17) is 9.47 Å². The maximum atomic E-state index is 5.77. The molecular weight excluding hydrogens is 260 g/mol. The van der Waals surface area contributed by atoms with Gasteiger partial charge < -0.3 is 9.47 Å². The van der Waals surface area contributed by atoms with Crippen LogP contribution in [0.1, 0.15) is 83.5 Å². The first-order valence-electron chi connectivity index (χ1n) is 9.66. The smallest absolute Gasteiger partial charge is 0.157 e. The predicted molar refractivity (Wildman–Crippen MR) is 86.2 cm³/mol. The third kappa shape index (κ3) is 5.90. The normalized spacial score (nSPS) is 32.3. The second-order valence-corrected chi connectivity index (χ2v) is 7.57. The summed E-state index contributed by atoms with van der Waals surface area (Å²) in [5, 5.41) is 0. The largest absolute Gasteiger partial charge is 0.353 e. The number of unbranched alkanes of at least 4 members (excludes halogenated alkanes) is 5. The Morgan fingerprint density at radius 1 is 0.857 bits per heavy atom. The number of rotatable bonds is 11. The van der Waals surface area contributed by atoms with Crippen molar-refractivity contribution in [1.29, 1.82) is 0 Å². The fraction of sp³-hybridized carbons (Fsp3) is 1.00. The molecule has 2 aliphatic carbocycles. The van der Waals surface area contributed by atoms with Crippen molar-refractivity contribution in [3.05, 3.63) is 0 Å². The van der Waals surface area contributed by atoms with Gasteiger partial charge in [-0.1, -0.05) is 38.5 Å². The predicted octanol–water partition coefficient (Wildman–Crippen LogP) is 5.31. The van der Waals surface area contributed by atoms with E-state index in [1.165, 1.54) is 69.6 Å². The maximum absolute atomic E-state index is 5.77. The van der Waals surface area contributed by atoms with Crippen LogP contribution in [0.15, 0.2) is 0 Å². The Labute approximate surface area is 131 Å². The van der Waals surface area contributed by atoms with Crippen LogP contribution in [-0.4, -0.2) is 19.5 Å². The summed E-state index contributed by atoms with van der Waals surface area (Å²) >= 11 is 0. The minimum Gasteiger partial charge on any atom is -0.353 e. The standard InChI is InChI=1S/C19H34O2/c1(3-5-9-17-15-18(17)16-11-12-16)2-4-7-13-20-19-10-6-8-14-21-19/h16-19H,1-15H2/t17-,18+,19?/m1/s1. The molecule has 21 heavy (non-hydrogen) atoms. The van der Waals surface area contributed by atoms with Gasteiger partial charge in [0.05, 0.1) is 0 Å². The topological polar surface area (TPSA) is 18.5 Å². The molecule has 0 amide bonds. The Morgan fingerprint density at radius 2 is 1.67 bits per heavy atom. The van der Waals surface area contributed by atoms with Gasteiger partial charge in [0.2, 0.25) is 0 Å². The van der Waals surface area contributed by atoms with Crippen LogP contribution in [0.5, 0.6) is 0 Å². The van der Waals surface area contributed by atoms with Crippen LogP contribution in [0.25, 0.3) is 0 Å². The molecular formula is C19H34O2. The lowest BCUT2D eigenvalue weighted by atomic mass is 10.1. The lowest BCUT2D eigenvalue weighted by Gasteiger charge is -2.22. The van der Waals surface area contributed by atoms with Gasteiger partial charge in [-0.25, -0.2) is 0 Å². The molecule has 0 bridgehead atoms. The average Bonchev–Trinajstić information content (AvgIpc) is 3.39. The zero-order chi connectivity index (χ0) is 14.3. The molecule has 2 nitrogen and oxygen atoms in total. The van der Waals surface area contributed by atoms with E-state index in [9.17, 15) is 0 Å². The van der Waals surface area contributed by atoms with Gasteiger partial charge in [-0.3, -0.25) is 0 Å². The minimum absolute atomic E-state index is 0.108. The molecule has 0 N–H and O–H groups in total. The van der Waals surface area contributed by atoms with Gasteiger partial charge in [-0.15, -0.1) is 0 Å². The first kappa shape index (κ1) is 15.8. The Balaban J connectivity index is 1.05. The molecule has 1 heterocycles. The lowest BCUT2D eigenvalue weighted by molar-refractivity contribution is -0.162. The summed E-state index contributed by atoms with van der Waals surface area (Å²) in [7, 11) is 0. The summed E-state index contributed by atoms with van der Waals surface area (Å²) in [5.74, 6) is 3.48. The van der Waals surface area contributed by atoms with E-state index < -0.39 is 0 Å². The van der Waals surface area contributed by atoms with Crippen molar-refractivity contribution in [1.82, 2.24) is 0 Å². The monoisotopic (exact) mass is 294 g/mol. The number of hydrogen-bond donors (Lipinski definition) is 0. The molecule has 1 unspecified atom stereocenters. The second kappa shape index (κ2) is 8.53. The molecule has 2 heteroatoms. The van der Waals surface area contributed by atoms with Crippen LogP contribution >= 0.6 is 0 Å². The Morgan fingerprint density at radius 3 is 2.43 bits per heavy atom. The third-order valence-corrected chi connectivity index (χ3v) is 5.62. The first-order valence-corrected chi connectivity index (χ1v) is 9.66. The lowest BCUT2D eigenvalue weighted by Crippen LogP contribution is -2.22. The van der Waals surface area contributed by atoms with Crippen LogP contribution in [-0.2, 0) is 9.47 Å². The highest BCUT2D eigenvalue weighted by Gasteiger charge is 2.46. The van der Waals surface area contributed by atoms with Gasteiger partial charge in [-0.2, -0.15) is 0 Å². The molecule has 2 saturated carbocycles. The van der Waals surface area contributed by atoms with E-state index in [0.29, 0.717) is 0 Å². The fourth-order valence-corrected chi connectivity index (χ4v) is 3.98. The van der Waals surface area contributed by atoms with Crippen molar-refractivity contribution < 1.29 is 9.47 Å². The van der Waals surface area contributed by atoms with Gasteiger partial charge in [0.1, 0.15) is 0 Å². The molecule has 1 aliphatic heterocycles. The summed E-state index contributed by atoms with van der Waals surface area (Å²) in [5.41, 5.74) is 0. The molecule has 3 fully saturated rings. The van der Waals surface area contributed by atoms with E-state index in [-0.39, 0.29) is 6.29 Å². The number of ether oxygens (including phenoxy) is 2. The quantitative estimate of drug-likeness (QED) is 0.481. The maximum Gasteiger partial charge on any atom is 0.157 e. The fourth-order valence-electron chi connectivity index (χ4n) is 3.98. The van der Waals surface area contributed by atoms with Crippen LogP contribution in [0.3, 0.4) is 0 Å². The Bertz CT molecular complexity index is 281. The molecule has 0 aromatic rings. The molecule has 3 atom stereocenters. The summed E-state index contributed by atoms with van der Waals surface area (Å²) in [6, 6.07) is 0. The van der Waals surface area contributed by atoms with Gasteiger partial charge >= 0.3 is 0 Å². The minimum atomic E-state index is 0.108. The molecule has 0 spiro atoms. The van der Waals surface area contributed by atoms with E-state index in [1.54, 1.807) is 19.3 Å². The Hall–Kier alpha value is -0.0800. The van der Waals surface area contributed by atoms with Crippen molar-refractivity contribution in [3.8, 4) is 0 Å². The summed E-state index contributed by atoms with van der Waals surface area (Å²) in [4.78, 5) is 0. The van der Waals surface area contributed by atoms with Gasteiger partial charge in [-0.05, 0) is 62.7 Å². The summed E-state index contributed by atoms with van der Waals surface area (Å²) in [6.45, 7) is 1.79. The Kier molecular flexibility index (Phi) is 6.42.